The van der Waals surface area contributed by atoms with Crippen LogP contribution in [0.4, 0.5) is 0 Å². The van der Waals surface area contributed by atoms with Crippen molar-refractivity contribution in [1.82, 2.24) is 0 Å². The van der Waals surface area contributed by atoms with Gasteiger partial charge in [0, 0.05) is 5.92 Å². The molecule has 0 saturated heterocycles. The fraction of sp³-hybridized carbons (Fsp3) is 0.900. The van der Waals surface area contributed by atoms with Gasteiger partial charge in [-0.05, 0) is 13.3 Å². The lowest BCUT2D eigenvalue weighted by atomic mass is 9.96. The number of carbonyl (C=O) groups is 1. The van der Waals surface area contributed by atoms with Crippen molar-refractivity contribution in [2.75, 3.05) is 0 Å². The molecule has 0 amide bonds. The summed E-state index contributed by atoms with van der Waals surface area (Å²) in [5.41, 5.74) is 0. The second kappa shape index (κ2) is 6.18. The first-order valence-electron chi connectivity index (χ1n) is 4.78. The van der Waals surface area contributed by atoms with Crippen LogP contribution in [0.25, 0.3) is 0 Å². The summed E-state index contributed by atoms with van der Waals surface area (Å²) < 4.78 is 0. The molecule has 0 aliphatic heterocycles. The van der Waals surface area contributed by atoms with Gasteiger partial charge in [0.25, 0.3) is 0 Å². The summed E-state index contributed by atoms with van der Waals surface area (Å²) in [7, 11) is 0. The van der Waals surface area contributed by atoms with Crippen LogP contribution >= 0.6 is 0 Å². The Morgan fingerprint density at radius 2 is 2.00 bits per heavy atom. The molecule has 0 aromatic heterocycles. The van der Waals surface area contributed by atoms with Gasteiger partial charge in [0.15, 0.2) is 0 Å². The van der Waals surface area contributed by atoms with E-state index in [1.165, 1.54) is 6.92 Å². The highest BCUT2D eigenvalue weighted by Crippen LogP contribution is 2.12. The van der Waals surface area contributed by atoms with Crippen LogP contribution < -0.4 is 0 Å². The zero-order valence-electron chi connectivity index (χ0n) is 8.34. The summed E-state index contributed by atoms with van der Waals surface area (Å²) in [6.45, 7) is 5.45. The average Bonchev–Trinajstić information content (AvgIpc) is 2.03. The average molecular weight is 172 g/mol. The molecule has 0 aromatic carbocycles. The minimum Gasteiger partial charge on any atom is -0.392 e. The summed E-state index contributed by atoms with van der Waals surface area (Å²) in [6.07, 6.45) is 3.64. The maximum atomic E-state index is 10.9. The summed E-state index contributed by atoms with van der Waals surface area (Å²) in [5, 5.41) is 9.49. The lowest BCUT2D eigenvalue weighted by molar-refractivity contribution is -0.123. The second-order valence-corrected chi connectivity index (χ2v) is 3.46. The van der Waals surface area contributed by atoms with Crippen molar-refractivity contribution in [2.45, 2.75) is 52.6 Å². The maximum Gasteiger partial charge on any atom is 0.135 e. The zero-order valence-corrected chi connectivity index (χ0v) is 8.34. The molecule has 72 valence electrons. The summed E-state index contributed by atoms with van der Waals surface area (Å²) in [6, 6.07) is 0. The minimum atomic E-state index is -0.436. The van der Waals surface area contributed by atoms with Crippen LogP contribution in [0, 0.1) is 5.92 Å². The van der Waals surface area contributed by atoms with Crippen LogP contribution in [0.3, 0.4) is 0 Å². The van der Waals surface area contributed by atoms with Crippen molar-refractivity contribution in [1.29, 1.82) is 0 Å². The third kappa shape index (κ3) is 4.50. The third-order valence-electron chi connectivity index (χ3n) is 2.32. The Labute approximate surface area is 75.0 Å². The van der Waals surface area contributed by atoms with Gasteiger partial charge in [-0.15, -0.1) is 0 Å². The van der Waals surface area contributed by atoms with Gasteiger partial charge in [0.2, 0.25) is 0 Å². The van der Waals surface area contributed by atoms with E-state index >= 15 is 0 Å². The van der Waals surface area contributed by atoms with E-state index in [9.17, 15) is 9.90 Å². The highest BCUT2D eigenvalue weighted by atomic mass is 16.3. The number of rotatable bonds is 6. The molecule has 2 atom stereocenters. The van der Waals surface area contributed by atoms with Crippen LogP contribution in [0.5, 0.6) is 0 Å². The standard InChI is InChI=1S/C10H20O2/c1-4-5-6-7-10(12)8(2)9(3)11/h8,10,12H,4-7H2,1-3H3. The van der Waals surface area contributed by atoms with Crippen molar-refractivity contribution < 1.29 is 9.90 Å². The number of Topliss-reactive ketones (excluding diaryl/α,β-unsaturated/α-hetero) is 1. The molecule has 0 aliphatic carbocycles. The Kier molecular flexibility index (Phi) is 5.99. The molecule has 0 bridgehead atoms. The number of aliphatic hydroxyl groups is 1. The van der Waals surface area contributed by atoms with Gasteiger partial charge in [-0.2, -0.15) is 0 Å². The van der Waals surface area contributed by atoms with Crippen molar-refractivity contribution >= 4 is 5.78 Å². The summed E-state index contributed by atoms with van der Waals surface area (Å²) >= 11 is 0. The van der Waals surface area contributed by atoms with E-state index in [0.29, 0.717) is 0 Å². The van der Waals surface area contributed by atoms with Gasteiger partial charge in [0.1, 0.15) is 5.78 Å². The normalized spacial score (nSPS) is 15.7. The van der Waals surface area contributed by atoms with Gasteiger partial charge in [-0.3, -0.25) is 4.79 Å². The fourth-order valence-corrected chi connectivity index (χ4v) is 1.12. The molecule has 0 radical (unpaired) electrons. The number of unbranched alkanes of at least 4 members (excludes halogenated alkanes) is 2. The van der Waals surface area contributed by atoms with Crippen molar-refractivity contribution in [3.05, 3.63) is 0 Å². The quantitative estimate of drug-likeness (QED) is 0.623. The SMILES string of the molecule is CCCCCC(O)C(C)C(C)=O. The van der Waals surface area contributed by atoms with Crippen LogP contribution in [-0.2, 0) is 4.79 Å². The molecule has 2 unspecified atom stereocenters. The molecule has 0 heterocycles. The number of hydrogen-bond acceptors (Lipinski definition) is 2. The molecule has 2 heteroatoms. The van der Waals surface area contributed by atoms with Gasteiger partial charge in [-0.1, -0.05) is 33.1 Å². The van der Waals surface area contributed by atoms with Gasteiger partial charge in [0.05, 0.1) is 6.10 Å². The second-order valence-electron chi connectivity index (χ2n) is 3.46. The molecule has 0 aromatic rings. The fourth-order valence-electron chi connectivity index (χ4n) is 1.12. The van der Waals surface area contributed by atoms with Crippen LogP contribution in [0.15, 0.2) is 0 Å². The van der Waals surface area contributed by atoms with Crippen molar-refractivity contribution in [3.8, 4) is 0 Å². The Bertz CT molecular complexity index is 132. The van der Waals surface area contributed by atoms with Crippen molar-refractivity contribution in [2.24, 2.45) is 5.92 Å². The molecule has 2 nitrogen and oxygen atoms in total. The van der Waals surface area contributed by atoms with Crippen LogP contribution in [0.1, 0.15) is 46.5 Å². The minimum absolute atomic E-state index is 0.0824. The van der Waals surface area contributed by atoms with Gasteiger partial charge >= 0.3 is 0 Å². The number of aliphatic hydroxyl groups excluding tert-OH is 1. The Balaban J connectivity index is 3.56. The molecule has 0 aliphatic rings. The lowest BCUT2D eigenvalue weighted by Gasteiger charge is -2.15. The van der Waals surface area contributed by atoms with E-state index in [-0.39, 0.29) is 11.7 Å². The molecule has 0 fully saturated rings. The topological polar surface area (TPSA) is 37.3 Å². The highest BCUT2D eigenvalue weighted by Gasteiger charge is 2.17. The molecule has 12 heavy (non-hydrogen) atoms. The van der Waals surface area contributed by atoms with E-state index in [0.717, 1.165) is 25.7 Å². The molecular weight excluding hydrogens is 152 g/mol. The maximum absolute atomic E-state index is 10.9. The molecule has 0 spiro atoms. The van der Waals surface area contributed by atoms with E-state index in [1.54, 1.807) is 6.92 Å². The number of ketones is 1. The monoisotopic (exact) mass is 172 g/mol. The predicted octanol–water partition coefficient (Wildman–Crippen LogP) is 2.15. The third-order valence-corrected chi connectivity index (χ3v) is 2.32. The largest absolute Gasteiger partial charge is 0.392 e. The highest BCUT2D eigenvalue weighted by molar-refractivity contribution is 5.78. The molecule has 0 saturated carbocycles. The van der Waals surface area contributed by atoms with Crippen molar-refractivity contribution in [3.63, 3.8) is 0 Å². The molecular formula is C10H20O2. The van der Waals surface area contributed by atoms with E-state index in [1.807, 2.05) is 0 Å². The predicted molar refractivity (Wildman–Crippen MR) is 50.0 cm³/mol. The lowest BCUT2D eigenvalue weighted by Crippen LogP contribution is -2.23. The Morgan fingerprint density at radius 1 is 1.42 bits per heavy atom. The number of hydrogen-bond donors (Lipinski definition) is 1. The zero-order chi connectivity index (χ0) is 9.56. The number of carbonyl (C=O) groups excluding carboxylic acids is 1. The van der Waals surface area contributed by atoms with Crippen LogP contribution in [-0.4, -0.2) is 17.0 Å². The van der Waals surface area contributed by atoms with Gasteiger partial charge < -0.3 is 5.11 Å². The van der Waals surface area contributed by atoms with Crippen LogP contribution in [0.2, 0.25) is 0 Å². The molecule has 1 N–H and O–H groups in total. The first kappa shape index (κ1) is 11.6. The first-order valence-corrected chi connectivity index (χ1v) is 4.78. The molecule has 0 rings (SSSR count). The first-order chi connectivity index (χ1) is 5.59. The van der Waals surface area contributed by atoms with E-state index in [2.05, 4.69) is 6.92 Å². The van der Waals surface area contributed by atoms with Gasteiger partial charge in [-0.25, -0.2) is 0 Å². The summed E-state index contributed by atoms with van der Waals surface area (Å²) in [4.78, 5) is 10.9. The smallest absolute Gasteiger partial charge is 0.135 e. The summed E-state index contributed by atoms with van der Waals surface area (Å²) in [5.74, 6) is -0.110. The van der Waals surface area contributed by atoms with E-state index < -0.39 is 6.10 Å². The Hall–Kier alpha value is -0.370. The Morgan fingerprint density at radius 3 is 2.42 bits per heavy atom. The van der Waals surface area contributed by atoms with E-state index in [4.69, 9.17) is 0 Å².